The molecule has 0 amide bonds. The molecule has 50 heavy (non-hydrogen) atoms. The first-order valence-electron chi connectivity index (χ1n) is 16.8. The molecule has 234 valence electrons. The summed E-state index contributed by atoms with van der Waals surface area (Å²) in [4.78, 5) is 5.25. The van der Waals surface area contributed by atoms with E-state index in [1.54, 1.807) is 0 Å². The molecule has 0 aliphatic rings. The Morgan fingerprint density at radius 2 is 1.16 bits per heavy atom. The number of oxazole rings is 1. The molecule has 0 spiro atoms. The van der Waals surface area contributed by atoms with Gasteiger partial charge in [-0.25, -0.2) is 0 Å². The molecule has 0 bridgehead atoms. The van der Waals surface area contributed by atoms with Crippen LogP contribution in [0.2, 0.25) is 0 Å². The Kier molecular flexibility index (Phi) is 5.60. The number of rotatable bonds is 4. The predicted octanol–water partition coefficient (Wildman–Crippen LogP) is 12.1. The van der Waals surface area contributed by atoms with Crippen molar-refractivity contribution in [1.29, 1.82) is 0 Å². The van der Waals surface area contributed by atoms with Crippen LogP contribution in [0.25, 0.3) is 100 Å². The molecule has 5 heteroatoms. The monoisotopic (exact) mass is 641 g/mol. The highest BCUT2D eigenvalue weighted by Crippen LogP contribution is 2.43. The van der Waals surface area contributed by atoms with Crippen LogP contribution in [0.15, 0.2) is 173 Å². The van der Waals surface area contributed by atoms with Crippen LogP contribution in [0.3, 0.4) is 0 Å². The van der Waals surface area contributed by atoms with Crippen LogP contribution >= 0.6 is 0 Å². The Balaban J connectivity index is 1.24. The smallest absolute Gasteiger partial charge is 0.307 e. The van der Waals surface area contributed by atoms with Crippen molar-refractivity contribution in [3.63, 3.8) is 0 Å². The van der Waals surface area contributed by atoms with Crippen LogP contribution < -0.4 is 0 Å². The lowest BCUT2D eigenvalue weighted by Gasteiger charge is -2.09. The average Bonchev–Trinajstić information content (AvgIpc) is 3.93. The van der Waals surface area contributed by atoms with Gasteiger partial charge in [-0.1, -0.05) is 109 Å². The zero-order valence-electron chi connectivity index (χ0n) is 26.7. The van der Waals surface area contributed by atoms with Crippen molar-refractivity contribution in [3.05, 3.63) is 164 Å². The molecule has 0 saturated heterocycles. The number of imidazole rings is 1. The van der Waals surface area contributed by atoms with Gasteiger partial charge >= 0.3 is 5.84 Å². The molecule has 0 atom stereocenters. The molecule has 4 heterocycles. The van der Waals surface area contributed by atoms with Gasteiger partial charge in [0.1, 0.15) is 16.9 Å². The first-order chi connectivity index (χ1) is 24.8. The third kappa shape index (κ3) is 3.86. The Hall–Kier alpha value is -6.85. The number of nitrogens with zero attached hydrogens (tertiary/aromatic N) is 3. The molecular formula is C45H27N3O2. The van der Waals surface area contributed by atoms with Gasteiger partial charge in [0.2, 0.25) is 0 Å². The summed E-state index contributed by atoms with van der Waals surface area (Å²) in [5.41, 5.74) is 12.8. The molecule has 0 radical (unpaired) electrons. The zero-order valence-corrected chi connectivity index (χ0v) is 26.7. The number of fused-ring (bicyclic) bond motifs is 9. The summed E-state index contributed by atoms with van der Waals surface area (Å²) in [5.74, 6) is 0.537. The summed E-state index contributed by atoms with van der Waals surface area (Å²) in [7, 11) is 0. The maximum Gasteiger partial charge on any atom is 0.307 e. The van der Waals surface area contributed by atoms with E-state index in [2.05, 4.69) is 148 Å². The molecule has 11 rings (SSSR count). The van der Waals surface area contributed by atoms with E-state index in [9.17, 15) is 0 Å². The molecule has 0 aliphatic heterocycles. The Bertz CT molecular complexity index is 3090. The van der Waals surface area contributed by atoms with E-state index in [1.165, 1.54) is 10.8 Å². The Labute approximate surface area is 285 Å². The third-order valence-electron chi connectivity index (χ3n) is 9.97. The summed E-state index contributed by atoms with van der Waals surface area (Å²) in [6.07, 6.45) is 0. The Morgan fingerprint density at radius 3 is 2.04 bits per heavy atom. The second-order valence-corrected chi connectivity index (χ2v) is 12.8. The summed E-state index contributed by atoms with van der Waals surface area (Å²) in [5, 5.41) is 4.51. The Morgan fingerprint density at radius 1 is 0.440 bits per heavy atom. The molecule has 5 nitrogen and oxygen atoms in total. The van der Waals surface area contributed by atoms with Crippen LogP contribution in [0.4, 0.5) is 0 Å². The van der Waals surface area contributed by atoms with Crippen molar-refractivity contribution in [2.75, 3.05) is 0 Å². The second-order valence-electron chi connectivity index (χ2n) is 12.8. The molecule has 0 fully saturated rings. The first kappa shape index (κ1) is 27.1. The van der Waals surface area contributed by atoms with Gasteiger partial charge in [-0.2, -0.15) is 4.98 Å². The quantitative estimate of drug-likeness (QED) is 0.192. The maximum atomic E-state index is 6.56. The van der Waals surface area contributed by atoms with Crippen molar-refractivity contribution < 1.29 is 8.83 Å². The molecule has 0 N–H and O–H groups in total. The molecule has 0 saturated carbocycles. The van der Waals surface area contributed by atoms with Gasteiger partial charge in [0.25, 0.3) is 0 Å². The minimum atomic E-state index is 0.537. The number of benzene rings is 7. The highest BCUT2D eigenvalue weighted by molar-refractivity contribution is 6.12. The summed E-state index contributed by atoms with van der Waals surface area (Å²) < 4.78 is 17.6. The molecule has 0 aliphatic carbocycles. The predicted molar refractivity (Wildman–Crippen MR) is 203 cm³/mol. The van der Waals surface area contributed by atoms with E-state index in [0.717, 1.165) is 83.4 Å². The van der Waals surface area contributed by atoms with Gasteiger partial charge < -0.3 is 13.4 Å². The summed E-state index contributed by atoms with van der Waals surface area (Å²) >= 11 is 0. The molecule has 0 unspecified atom stereocenters. The average molecular weight is 642 g/mol. The van der Waals surface area contributed by atoms with Crippen molar-refractivity contribution in [2.45, 2.75) is 0 Å². The fraction of sp³-hybridized carbons (Fsp3) is 0. The van der Waals surface area contributed by atoms with Crippen LogP contribution in [0, 0.1) is 0 Å². The number of hydrogen-bond donors (Lipinski definition) is 0. The lowest BCUT2D eigenvalue weighted by Crippen LogP contribution is -1.93. The van der Waals surface area contributed by atoms with Crippen molar-refractivity contribution in [1.82, 2.24) is 14.0 Å². The van der Waals surface area contributed by atoms with Crippen LogP contribution in [-0.2, 0) is 0 Å². The standard InChI is InChI=1S/C45H27N3O2/c1-3-12-28(13-4-1)29-23-25-41-39(27-29)48-43(42(46-45(48)50-41)35-19-11-18-34-33-17-8-10-21-40(33)49-44(34)35)30-22-24-38-36(26-30)32-16-7-9-20-37(32)47(38)31-14-5-2-6-15-31/h1-27H. The van der Waals surface area contributed by atoms with Crippen LogP contribution in [0.1, 0.15) is 0 Å². The van der Waals surface area contributed by atoms with Gasteiger partial charge in [0.05, 0.1) is 22.2 Å². The number of hydrogen-bond acceptors (Lipinski definition) is 3. The van der Waals surface area contributed by atoms with Gasteiger partial charge in [-0.15, -0.1) is 0 Å². The topological polar surface area (TPSA) is 48.5 Å². The van der Waals surface area contributed by atoms with E-state index >= 15 is 0 Å². The summed E-state index contributed by atoms with van der Waals surface area (Å²) in [6.45, 7) is 0. The number of para-hydroxylation sites is 4. The third-order valence-corrected chi connectivity index (χ3v) is 9.97. The normalized spacial score (nSPS) is 12.0. The zero-order chi connectivity index (χ0) is 32.8. The molecule has 7 aromatic carbocycles. The van der Waals surface area contributed by atoms with Gasteiger partial charge in [-0.3, -0.25) is 4.40 Å². The highest BCUT2D eigenvalue weighted by Gasteiger charge is 2.25. The highest BCUT2D eigenvalue weighted by atomic mass is 16.4. The van der Waals surface area contributed by atoms with E-state index in [4.69, 9.17) is 13.8 Å². The maximum absolute atomic E-state index is 6.56. The minimum absolute atomic E-state index is 0.537. The van der Waals surface area contributed by atoms with Crippen molar-refractivity contribution in [2.24, 2.45) is 0 Å². The van der Waals surface area contributed by atoms with Crippen LogP contribution in [0.5, 0.6) is 0 Å². The van der Waals surface area contributed by atoms with E-state index in [1.807, 2.05) is 24.3 Å². The molecule has 11 aromatic rings. The van der Waals surface area contributed by atoms with Crippen molar-refractivity contribution in [3.8, 4) is 39.3 Å². The van der Waals surface area contributed by atoms with E-state index in [-0.39, 0.29) is 0 Å². The van der Waals surface area contributed by atoms with Gasteiger partial charge in [0.15, 0.2) is 5.58 Å². The largest absolute Gasteiger partial charge is 0.455 e. The minimum Gasteiger partial charge on any atom is -0.455 e. The van der Waals surface area contributed by atoms with Crippen LogP contribution in [-0.4, -0.2) is 14.0 Å². The molecule has 4 aromatic heterocycles. The van der Waals surface area contributed by atoms with Gasteiger partial charge in [-0.05, 0) is 65.7 Å². The second kappa shape index (κ2) is 10.3. The number of aromatic nitrogens is 3. The molecular weight excluding hydrogens is 615 g/mol. The lowest BCUT2D eigenvalue weighted by atomic mass is 10.0. The first-order valence-corrected chi connectivity index (χ1v) is 16.8. The fourth-order valence-electron chi connectivity index (χ4n) is 7.74. The fourth-order valence-corrected chi connectivity index (χ4v) is 7.74. The summed E-state index contributed by atoms with van der Waals surface area (Å²) in [6, 6.07) is 57.3. The van der Waals surface area contributed by atoms with Gasteiger partial charge in [0, 0.05) is 38.4 Å². The van der Waals surface area contributed by atoms with E-state index in [0.29, 0.717) is 5.84 Å². The number of furan rings is 1. The SMILES string of the molecule is c1ccc(-c2ccc3oc4nc(-c5cccc6c5oc5ccccc56)c(-c5ccc6c(c5)c5ccccc5n6-c5ccccc5)n4c3c2)cc1. The van der Waals surface area contributed by atoms with Crippen molar-refractivity contribution >= 4 is 60.7 Å². The van der Waals surface area contributed by atoms with E-state index < -0.39 is 0 Å². The lowest BCUT2D eigenvalue weighted by molar-refractivity contribution is 0.642.